The molecule has 4 rings (SSSR count). The van der Waals surface area contributed by atoms with E-state index in [9.17, 15) is 4.79 Å². The molecule has 110 valence electrons. The lowest BCUT2D eigenvalue weighted by Gasteiger charge is -2.55. The maximum atomic E-state index is 11.8. The van der Waals surface area contributed by atoms with Crippen LogP contribution in [0.25, 0.3) is 0 Å². The Labute approximate surface area is 123 Å². The molecule has 0 aliphatic heterocycles. The third-order valence-electron chi connectivity index (χ3n) is 7.64. The predicted molar refractivity (Wildman–Crippen MR) is 81.3 cm³/mol. The standard InChI is InChI=1S/C19H28O/c1-12-3-5-16-15(12)7-8-18-17(16)6-4-13-11-14(20)9-10-19(13,18)2/h11-12,15-18H,3-10H2,1-2H3/t12?,15?,16?,17?,18?,19-/m0/s1. The van der Waals surface area contributed by atoms with Gasteiger partial charge in [-0.25, -0.2) is 0 Å². The first kappa shape index (κ1) is 13.1. The summed E-state index contributed by atoms with van der Waals surface area (Å²) in [7, 11) is 0. The fraction of sp³-hybridized carbons (Fsp3) is 0.842. The van der Waals surface area contributed by atoms with E-state index >= 15 is 0 Å². The zero-order valence-corrected chi connectivity index (χ0v) is 13.0. The number of hydrogen-bond acceptors (Lipinski definition) is 1. The molecule has 0 heterocycles. The number of carbonyl (C=O) groups is 1. The van der Waals surface area contributed by atoms with E-state index in [4.69, 9.17) is 0 Å². The molecule has 0 spiro atoms. The van der Waals surface area contributed by atoms with E-state index < -0.39 is 0 Å². The van der Waals surface area contributed by atoms with Gasteiger partial charge >= 0.3 is 0 Å². The van der Waals surface area contributed by atoms with Crippen molar-refractivity contribution in [1.82, 2.24) is 0 Å². The van der Waals surface area contributed by atoms with Crippen LogP contribution in [0, 0.1) is 35.0 Å². The quantitative estimate of drug-likeness (QED) is 0.621. The zero-order chi connectivity index (χ0) is 13.9. The van der Waals surface area contributed by atoms with Crippen molar-refractivity contribution < 1.29 is 4.79 Å². The lowest BCUT2D eigenvalue weighted by Crippen LogP contribution is -2.47. The molecule has 3 fully saturated rings. The lowest BCUT2D eigenvalue weighted by molar-refractivity contribution is -0.117. The second-order valence-electron chi connectivity index (χ2n) is 8.32. The Morgan fingerprint density at radius 1 is 1.00 bits per heavy atom. The lowest BCUT2D eigenvalue weighted by atomic mass is 9.49. The summed E-state index contributed by atoms with van der Waals surface area (Å²) in [6, 6.07) is 0. The number of rotatable bonds is 0. The van der Waals surface area contributed by atoms with Crippen molar-refractivity contribution in [2.45, 2.75) is 65.2 Å². The molecular weight excluding hydrogens is 244 g/mol. The first-order valence-electron chi connectivity index (χ1n) is 8.83. The number of ketones is 1. The Morgan fingerprint density at radius 2 is 1.80 bits per heavy atom. The topological polar surface area (TPSA) is 17.1 Å². The summed E-state index contributed by atoms with van der Waals surface area (Å²) in [5.41, 5.74) is 1.88. The molecule has 3 saturated carbocycles. The molecule has 4 aliphatic carbocycles. The minimum absolute atomic E-state index is 0.369. The van der Waals surface area contributed by atoms with Crippen molar-refractivity contribution in [1.29, 1.82) is 0 Å². The molecule has 1 nitrogen and oxygen atoms in total. The largest absolute Gasteiger partial charge is 0.295 e. The minimum atomic E-state index is 0.369. The van der Waals surface area contributed by atoms with Crippen molar-refractivity contribution in [3.63, 3.8) is 0 Å². The highest BCUT2D eigenvalue weighted by Gasteiger charge is 2.53. The van der Waals surface area contributed by atoms with Gasteiger partial charge in [0.2, 0.25) is 0 Å². The number of fused-ring (bicyclic) bond motifs is 5. The summed E-state index contributed by atoms with van der Waals surface area (Å²) in [6.45, 7) is 4.97. The molecular formula is C19H28O. The summed E-state index contributed by atoms with van der Waals surface area (Å²) < 4.78 is 0. The molecule has 4 aliphatic rings. The van der Waals surface area contributed by atoms with Crippen molar-refractivity contribution in [2.24, 2.45) is 35.0 Å². The van der Waals surface area contributed by atoms with E-state index in [2.05, 4.69) is 13.8 Å². The zero-order valence-electron chi connectivity index (χ0n) is 13.0. The third-order valence-corrected chi connectivity index (χ3v) is 7.64. The van der Waals surface area contributed by atoms with Gasteiger partial charge in [-0.1, -0.05) is 25.8 Å². The molecule has 6 atom stereocenters. The molecule has 0 amide bonds. The van der Waals surface area contributed by atoms with E-state index in [0.717, 1.165) is 42.4 Å². The highest BCUT2D eigenvalue weighted by molar-refractivity contribution is 5.91. The fourth-order valence-corrected chi connectivity index (χ4v) is 6.50. The van der Waals surface area contributed by atoms with Crippen molar-refractivity contribution in [2.75, 3.05) is 0 Å². The van der Waals surface area contributed by atoms with Crippen LogP contribution in [0.1, 0.15) is 65.2 Å². The van der Waals surface area contributed by atoms with E-state index in [-0.39, 0.29) is 0 Å². The normalized spacial score (nSPS) is 51.0. The summed E-state index contributed by atoms with van der Waals surface area (Å²) in [6.07, 6.45) is 12.4. The van der Waals surface area contributed by atoms with Gasteiger partial charge in [-0.2, -0.15) is 0 Å². The molecule has 0 radical (unpaired) electrons. The summed E-state index contributed by atoms with van der Waals surface area (Å²) in [5.74, 6) is 5.24. The van der Waals surface area contributed by atoms with Crippen LogP contribution in [-0.4, -0.2) is 5.78 Å². The summed E-state index contributed by atoms with van der Waals surface area (Å²) >= 11 is 0. The maximum absolute atomic E-state index is 11.8. The first-order valence-corrected chi connectivity index (χ1v) is 8.83. The number of allylic oxidation sites excluding steroid dienone is 1. The number of hydrogen-bond donors (Lipinski definition) is 0. The van der Waals surface area contributed by atoms with Crippen LogP contribution in [0.5, 0.6) is 0 Å². The average Bonchev–Trinajstić information content (AvgIpc) is 2.82. The molecule has 0 N–H and O–H groups in total. The SMILES string of the molecule is CC1CCC2C1CCC1C2CCC2=CC(=O)CC[C@@]21C. The van der Waals surface area contributed by atoms with Gasteiger partial charge < -0.3 is 0 Å². The van der Waals surface area contributed by atoms with E-state index in [1.54, 1.807) is 0 Å². The highest BCUT2D eigenvalue weighted by Crippen LogP contribution is 2.62. The average molecular weight is 272 g/mol. The third kappa shape index (κ3) is 1.71. The van der Waals surface area contributed by atoms with Gasteiger partial charge in [-0.05, 0) is 79.6 Å². The summed E-state index contributed by atoms with van der Waals surface area (Å²) in [5, 5.41) is 0. The van der Waals surface area contributed by atoms with E-state index in [1.165, 1.54) is 44.1 Å². The van der Waals surface area contributed by atoms with Crippen LogP contribution in [0.4, 0.5) is 0 Å². The molecule has 0 bridgehead atoms. The molecule has 0 aromatic rings. The van der Waals surface area contributed by atoms with Gasteiger partial charge in [0.1, 0.15) is 0 Å². The Morgan fingerprint density at radius 3 is 2.65 bits per heavy atom. The smallest absolute Gasteiger partial charge is 0.155 e. The number of carbonyl (C=O) groups excluding carboxylic acids is 1. The Bertz CT molecular complexity index is 462. The Hall–Kier alpha value is -0.590. The van der Waals surface area contributed by atoms with Crippen LogP contribution in [0.15, 0.2) is 11.6 Å². The van der Waals surface area contributed by atoms with Gasteiger partial charge in [0.25, 0.3) is 0 Å². The maximum Gasteiger partial charge on any atom is 0.155 e. The van der Waals surface area contributed by atoms with E-state index in [1.807, 2.05) is 6.08 Å². The molecule has 5 unspecified atom stereocenters. The van der Waals surface area contributed by atoms with Crippen molar-refractivity contribution in [3.8, 4) is 0 Å². The molecule has 20 heavy (non-hydrogen) atoms. The Balaban J connectivity index is 1.66. The monoisotopic (exact) mass is 272 g/mol. The first-order chi connectivity index (χ1) is 9.59. The molecule has 1 heteroatoms. The predicted octanol–water partition coefficient (Wildman–Crippen LogP) is 4.76. The second-order valence-corrected chi connectivity index (χ2v) is 8.32. The van der Waals surface area contributed by atoms with Gasteiger partial charge in [0, 0.05) is 6.42 Å². The van der Waals surface area contributed by atoms with Crippen LogP contribution in [-0.2, 0) is 4.79 Å². The van der Waals surface area contributed by atoms with Crippen LogP contribution in [0.2, 0.25) is 0 Å². The van der Waals surface area contributed by atoms with Crippen molar-refractivity contribution >= 4 is 5.78 Å². The highest BCUT2D eigenvalue weighted by atomic mass is 16.1. The van der Waals surface area contributed by atoms with Gasteiger partial charge in [0.05, 0.1) is 0 Å². The minimum Gasteiger partial charge on any atom is -0.295 e. The summed E-state index contributed by atoms with van der Waals surface area (Å²) in [4.78, 5) is 11.8. The fourth-order valence-electron chi connectivity index (χ4n) is 6.50. The van der Waals surface area contributed by atoms with Crippen LogP contribution in [0.3, 0.4) is 0 Å². The van der Waals surface area contributed by atoms with E-state index in [0.29, 0.717) is 11.2 Å². The van der Waals surface area contributed by atoms with Gasteiger partial charge in [0.15, 0.2) is 5.78 Å². The molecule has 0 saturated heterocycles. The Kier molecular flexibility index (Phi) is 2.91. The van der Waals surface area contributed by atoms with Crippen molar-refractivity contribution in [3.05, 3.63) is 11.6 Å². The second kappa shape index (κ2) is 4.45. The van der Waals surface area contributed by atoms with Crippen LogP contribution < -0.4 is 0 Å². The van der Waals surface area contributed by atoms with Gasteiger partial charge in [-0.3, -0.25) is 4.79 Å². The van der Waals surface area contributed by atoms with Crippen LogP contribution >= 0.6 is 0 Å². The van der Waals surface area contributed by atoms with Gasteiger partial charge in [-0.15, -0.1) is 0 Å². The molecule has 0 aromatic carbocycles. The molecule has 0 aromatic heterocycles.